The second kappa shape index (κ2) is 6.52. The molecule has 1 atom stereocenters. The zero-order chi connectivity index (χ0) is 14.5. The predicted octanol–water partition coefficient (Wildman–Crippen LogP) is 2.61. The van der Waals surface area contributed by atoms with Gasteiger partial charge in [0, 0.05) is 6.54 Å². The summed E-state index contributed by atoms with van der Waals surface area (Å²) in [5.41, 5.74) is 0.135. The molecule has 1 aromatic carbocycles. The van der Waals surface area contributed by atoms with Crippen LogP contribution >= 0.6 is 0 Å². The number of alkyl carbamates (subject to hydrolysis) is 1. The lowest BCUT2D eigenvalue weighted by Gasteiger charge is -2.23. The van der Waals surface area contributed by atoms with E-state index in [-0.39, 0.29) is 11.9 Å². The first-order valence-electron chi connectivity index (χ1n) is 6.21. The summed E-state index contributed by atoms with van der Waals surface area (Å²) in [6, 6.07) is 5.81. The summed E-state index contributed by atoms with van der Waals surface area (Å²) < 4.78 is 18.4. The average molecular weight is 268 g/mol. The molecule has 0 fully saturated rings. The summed E-state index contributed by atoms with van der Waals surface area (Å²) in [6.45, 7) is 5.87. The van der Waals surface area contributed by atoms with Crippen molar-refractivity contribution >= 4 is 6.09 Å². The van der Waals surface area contributed by atoms with Crippen LogP contribution in [0, 0.1) is 5.82 Å². The largest absolute Gasteiger partial charge is 0.444 e. The van der Waals surface area contributed by atoms with E-state index in [1.807, 2.05) is 0 Å². The molecule has 19 heavy (non-hydrogen) atoms. The Labute approximate surface area is 113 Å². The van der Waals surface area contributed by atoms with Crippen LogP contribution < -0.4 is 10.6 Å². The minimum Gasteiger partial charge on any atom is -0.444 e. The molecule has 0 aromatic heterocycles. The van der Waals surface area contributed by atoms with Gasteiger partial charge in [0.2, 0.25) is 0 Å². The third kappa shape index (κ3) is 5.70. The Morgan fingerprint density at radius 3 is 2.63 bits per heavy atom. The van der Waals surface area contributed by atoms with Gasteiger partial charge in [-0.15, -0.1) is 0 Å². The van der Waals surface area contributed by atoms with Gasteiger partial charge in [0.1, 0.15) is 11.4 Å². The molecule has 0 saturated heterocycles. The van der Waals surface area contributed by atoms with Crippen LogP contribution in [0.1, 0.15) is 32.4 Å². The molecule has 1 amide bonds. The molecule has 106 valence electrons. The third-order valence-corrected chi connectivity index (χ3v) is 2.35. The Morgan fingerprint density at radius 2 is 2.11 bits per heavy atom. The van der Waals surface area contributed by atoms with Gasteiger partial charge in [0.15, 0.2) is 0 Å². The van der Waals surface area contributed by atoms with Crippen LogP contribution in [0.3, 0.4) is 0 Å². The molecule has 0 aliphatic carbocycles. The van der Waals surface area contributed by atoms with E-state index in [1.54, 1.807) is 40.0 Å². The molecule has 0 saturated carbocycles. The fourth-order valence-corrected chi connectivity index (χ4v) is 1.63. The Hall–Kier alpha value is -1.62. The lowest BCUT2D eigenvalue weighted by atomic mass is 10.1. The highest BCUT2D eigenvalue weighted by Gasteiger charge is 2.20. The van der Waals surface area contributed by atoms with Gasteiger partial charge in [-0.25, -0.2) is 9.18 Å². The molecule has 1 unspecified atom stereocenters. The van der Waals surface area contributed by atoms with Crippen LogP contribution in [-0.2, 0) is 4.74 Å². The van der Waals surface area contributed by atoms with Crippen molar-refractivity contribution in [1.29, 1.82) is 0 Å². The molecule has 0 aliphatic heterocycles. The van der Waals surface area contributed by atoms with Crippen molar-refractivity contribution in [3.05, 3.63) is 35.6 Å². The maximum Gasteiger partial charge on any atom is 0.408 e. The van der Waals surface area contributed by atoms with Gasteiger partial charge in [-0.1, -0.05) is 12.1 Å². The first-order valence-corrected chi connectivity index (χ1v) is 6.21. The quantitative estimate of drug-likeness (QED) is 0.882. The number of carbonyl (C=O) groups is 1. The van der Waals surface area contributed by atoms with Gasteiger partial charge in [-0.05, 0) is 45.5 Å². The third-order valence-electron chi connectivity index (χ3n) is 2.35. The first-order chi connectivity index (χ1) is 8.81. The average Bonchev–Trinajstić information content (AvgIpc) is 2.26. The molecule has 0 heterocycles. The van der Waals surface area contributed by atoms with Crippen molar-refractivity contribution in [1.82, 2.24) is 10.6 Å². The van der Waals surface area contributed by atoms with Gasteiger partial charge in [0.05, 0.1) is 6.04 Å². The minimum absolute atomic E-state index is 0.329. The Bertz CT molecular complexity index is 430. The summed E-state index contributed by atoms with van der Waals surface area (Å²) in [7, 11) is 1.77. The van der Waals surface area contributed by atoms with E-state index in [1.165, 1.54) is 12.1 Å². The summed E-state index contributed by atoms with van der Waals surface area (Å²) in [5.74, 6) is -0.329. The van der Waals surface area contributed by atoms with Gasteiger partial charge in [-0.2, -0.15) is 0 Å². The van der Waals surface area contributed by atoms with E-state index in [2.05, 4.69) is 10.6 Å². The Morgan fingerprint density at radius 1 is 1.42 bits per heavy atom. The number of ether oxygens (including phenoxy) is 1. The van der Waals surface area contributed by atoms with Gasteiger partial charge in [0.25, 0.3) is 0 Å². The number of likely N-dealkylation sites (N-methyl/N-ethyl adjacent to an activating group) is 1. The summed E-state index contributed by atoms with van der Waals surface area (Å²) >= 11 is 0. The van der Waals surface area contributed by atoms with Crippen LogP contribution in [0.15, 0.2) is 24.3 Å². The van der Waals surface area contributed by atoms with Gasteiger partial charge < -0.3 is 15.4 Å². The number of benzene rings is 1. The molecule has 0 bridgehead atoms. The number of nitrogens with one attached hydrogen (secondary N) is 2. The number of amides is 1. The monoisotopic (exact) mass is 268 g/mol. The van der Waals surface area contributed by atoms with E-state index in [9.17, 15) is 9.18 Å². The highest BCUT2D eigenvalue weighted by Crippen LogP contribution is 2.15. The zero-order valence-corrected chi connectivity index (χ0v) is 11.8. The predicted molar refractivity (Wildman–Crippen MR) is 72.4 cm³/mol. The summed E-state index contributed by atoms with van der Waals surface area (Å²) in [6.07, 6.45) is -0.517. The summed E-state index contributed by atoms with van der Waals surface area (Å²) in [4.78, 5) is 11.7. The zero-order valence-electron chi connectivity index (χ0n) is 11.8. The van der Waals surface area contributed by atoms with E-state index in [0.29, 0.717) is 12.1 Å². The minimum atomic E-state index is -0.559. The summed E-state index contributed by atoms with van der Waals surface area (Å²) in [5, 5.41) is 5.69. The SMILES string of the molecule is CNCC(NC(=O)OC(C)(C)C)c1cccc(F)c1. The van der Waals surface area contributed by atoms with E-state index in [0.717, 1.165) is 0 Å². The van der Waals surface area contributed by atoms with Crippen molar-refractivity contribution in [2.24, 2.45) is 0 Å². The second-order valence-electron chi connectivity index (χ2n) is 5.31. The number of hydrogen-bond acceptors (Lipinski definition) is 3. The highest BCUT2D eigenvalue weighted by atomic mass is 19.1. The number of rotatable bonds is 4. The molecular weight excluding hydrogens is 247 g/mol. The van der Waals surface area contributed by atoms with Crippen LogP contribution in [0.2, 0.25) is 0 Å². The van der Waals surface area contributed by atoms with E-state index < -0.39 is 11.7 Å². The first kappa shape index (κ1) is 15.4. The van der Waals surface area contributed by atoms with Crippen molar-refractivity contribution < 1.29 is 13.9 Å². The van der Waals surface area contributed by atoms with Gasteiger partial charge >= 0.3 is 6.09 Å². The van der Waals surface area contributed by atoms with Gasteiger partial charge in [-0.3, -0.25) is 0 Å². The molecule has 0 spiro atoms. The van der Waals surface area contributed by atoms with Crippen molar-refractivity contribution in [2.45, 2.75) is 32.4 Å². The van der Waals surface area contributed by atoms with Crippen LogP contribution in [0.5, 0.6) is 0 Å². The highest BCUT2D eigenvalue weighted by molar-refractivity contribution is 5.68. The van der Waals surface area contributed by atoms with E-state index >= 15 is 0 Å². The van der Waals surface area contributed by atoms with Crippen molar-refractivity contribution in [2.75, 3.05) is 13.6 Å². The fourth-order valence-electron chi connectivity index (χ4n) is 1.63. The standard InChI is InChI=1S/C14H21FN2O2/c1-14(2,3)19-13(18)17-12(9-16-4)10-6-5-7-11(15)8-10/h5-8,12,16H,9H2,1-4H3,(H,17,18). The second-order valence-corrected chi connectivity index (χ2v) is 5.31. The van der Waals surface area contributed by atoms with Crippen LogP contribution in [0.4, 0.5) is 9.18 Å². The normalized spacial score (nSPS) is 12.9. The van der Waals surface area contributed by atoms with Crippen LogP contribution in [0.25, 0.3) is 0 Å². The van der Waals surface area contributed by atoms with Crippen molar-refractivity contribution in [3.63, 3.8) is 0 Å². The van der Waals surface area contributed by atoms with E-state index in [4.69, 9.17) is 4.74 Å². The topological polar surface area (TPSA) is 50.4 Å². The lowest BCUT2D eigenvalue weighted by Crippen LogP contribution is -2.38. The maximum atomic E-state index is 13.2. The smallest absolute Gasteiger partial charge is 0.408 e. The molecule has 5 heteroatoms. The molecule has 0 radical (unpaired) electrons. The Kier molecular flexibility index (Phi) is 5.30. The number of halogens is 1. The fraction of sp³-hybridized carbons (Fsp3) is 0.500. The lowest BCUT2D eigenvalue weighted by molar-refractivity contribution is 0.0503. The molecule has 2 N–H and O–H groups in total. The Balaban J connectivity index is 2.76. The molecule has 4 nitrogen and oxygen atoms in total. The van der Waals surface area contributed by atoms with Crippen LogP contribution in [-0.4, -0.2) is 25.3 Å². The molecule has 0 aliphatic rings. The van der Waals surface area contributed by atoms with Crippen molar-refractivity contribution in [3.8, 4) is 0 Å². The number of hydrogen-bond donors (Lipinski definition) is 2. The molecular formula is C14H21FN2O2. The number of carbonyl (C=O) groups excluding carboxylic acids is 1. The maximum absolute atomic E-state index is 13.2. The molecule has 1 aromatic rings. The molecule has 1 rings (SSSR count).